The van der Waals surface area contributed by atoms with Crippen LogP contribution in [0.4, 0.5) is 4.79 Å². The summed E-state index contributed by atoms with van der Waals surface area (Å²) in [6, 6.07) is 8.94. The molecule has 0 aliphatic carbocycles. The maximum absolute atomic E-state index is 12.0. The topological polar surface area (TPSA) is 111 Å². The number of urea groups is 1. The second-order valence-corrected chi connectivity index (χ2v) is 6.80. The first-order valence-corrected chi connectivity index (χ1v) is 8.96. The third-order valence-electron chi connectivity index (χ3n) is 3.36. The van der Waals surface area contributed by atoms with Gasteiger partial charge in [0.2, 0.25) is 0 Å². The third kappa shape index (κ3) is 6.73. The Kier molecular flexibility index (Phi) is 7.43. The van der Waals surface area contributed by atoms with E-state index in [1.165, 1.54) is 11.3 Å². The maximum atomic E-state index is 12.0. The SMILES string of the molecule is NC(=O)N[C@@H](CC(=O)OCC(=O)NCc1cccs1)c1ccc(Cl)cc1. The zero-order chi connectivity index (χ0) is 18.9. The van der Waals surface area contributed by atoms with Crippen molar-refractivity contribution >= 4 is 40.8 Å². The maximum Gasteiger partial charge on any atom is 0.312 e. The van der Waals surface area contributed by atoms with Crippen molar-refractivity contribution in [1.29, 1.82) is 0 Å². The summed E-state index contributed by atoms with van der Waals surface area (Å²) in [4.78, 5) is 35.9. The van der Waals surface area contributed by atoms with Crippen LogP contribution in [0.3, 0.4) is 0 Å². The Labute approximate surface area is 159 Å². The van der Waals surface area contributed by atoms with Crippen molar-refractivity contribution in [2.75, 3.05) is 6.61 Å². The first kappa shape index (κ1) is 19.7. The molecule has 2 aromatic rings. The van der Waals surface area contributed by atoms with Gasteiger partial charge in [-0.25, -0.2) is 4.79 Å². The van der Waals surface area contributed by atoms with E-state index in [1.807, 2.05) is 17.5 Å². The van der Waals surface area contributed by atoms with Gasteiger partial charge in [-0.1, -0.05) is 29.8 Å². The molecule has 9 heteroatoms. The highest BCUT2D eigenvalue weighted by Crippen LogP contribution is 2.20. The van der Waals surface area contributed by atoms with Crippen LogP contribution >= 0.6 is 22.9 Å². The van der Waals surface area contributed by atoms with Crippen LogP contribution in [0.25, 0.3) is 0 Å². The minimum absolute atomic E-state index is 0.164. The summed E-state index contributed by atoms with van der Waals surface area (Å²) in [5.74, 6) is -1.04. The van der Waals surface area contributed by atoms with Gasteiger partial charge in [0.25, 0.3) is 5.91 Å². The monoisotopic (exact) mass is 395 g/mol. The summed E-state index contributed by atoms with van der Waals surface area (Å²) < 4.78 is 4.97. The Morgan fingerprint density at radius 2 is 1.92 bits per heavy atom. The lowest BCUT2D eigenvalue weighted by atomic mass is 10.0. The molecule has 4 N–H and O–H groups in total. The molecule has 1 atom stereocenters. The normalized spacial score (nSPS) is 11.4. The van der Waals surface area contributed by atoms with Crippen LogP contribution in [0.5, 0.6) is 0 Å². The molecule has 2 rings (SSSR count). The van der Waals surface area contributed by atoms with Crippen LogP contribution in [0.15, 0.2) is 41.8 Å². The first-order valence-electron chi connectivity index (χ1n) is 7.70. The predicted octanol–water partition coefficient (Wildman–Crippen LogP) is 2.36. The molecule has 0 fully saturated rings. The number of esters is 1. The molecular weight excluding hydrogens is 378 g/mol. The number of carbonyl (C=O) groups is 3. The van der Waals surface area contributed by atoms with Crippen LogP contribution in [0.2, 0.25) is 5.02 Å². The second-order valence-electron chi connectivity index (χ2n) is 5.33. The molecular formula is C17H18ClN3O4S. The van der Waals surface area contributed by atoms with Gasteiger partial charge in [0, 0.05) is 9.90 Å². The van der Waals surface area contributed by atoms with E-state index in [2.05, 4.69) is 10.6 Å². The number of amides is 3. The van der Waals surface area contributed by atoms with Crippen molar-refractivity contribution in [3.8, 4) is 0 Å². The molecule has 0 spiro atoms. The number of primary amides is 1. The predicted molar refractivity (Wildman–Crippen MR) is 98.7 cm³/mol. The zero-order valence-electron chi connectivity index (χ0n) is 13.7. The largest absolute Gasteiger partial charge is 0.456 e. The number of hydrogen-bond acceptors (Lipinski definition) is 5. The minimum atomic E-state index is -0.772. The molecule has 1 aromatic carbocycles. The average molecular weight is 396 g/mol. The van der Waals surface area contributed by atoms with Crippen LogP contribution in [0.1, 0.15) is 22.9 Å². The van der Waals surface area contributed by atoms with Crippen molar-refractivity contribution in [3.05, 3.63) is 57.2 Å². The van der Waals surface area contributed by atoms with E-state index in [1.54, 1.807) is 24.3 Å². The number of ether oxygens (including phenoxy) is 1. The van der Waals surface area contributed by atoms with Crippen molar-refractivity contribution in [2.45, 2.75) is 19.0 Å². The number of benzene rings is 1. The molecule has 0 unspecified atom stereocenters. The fourth-order valence-corrected chi connectivity index (χ4v) is 2.91. The first-order chi connectivity index (χ1) is 12.4. The molecule has 0 saturated heterocycles. The standard InChI is InChI=1S/C17H18ClN3O4S/c18-12-5-3-11(4-6-12)14(21-17(19)24)8-16(23)25-10-15(22)20-9-13-2-1-7-26-13/h1-7,14H,8-10H2,(H,20,22)(H3,19,21,24)/t14-/m0/s1. The van der Waals surface area contributed by atoms with Gasteiger partial charge in [-0.3, -0.25) is 9.59 Å². The lowest BCUT2D eigenvalue weighted by molar-refractivity contribution is -0.149. The number of thiophene rings is 1. The summed E-state index contributed by atoms with van der Waals surface area (Å²) in [6.45, 7) is -0.0151. The summed E-state index contributed by atoms with van der Waals surface area (Å²) in [6.07, 6.45) is -0.164. The molecule has 7 nitrogen and oxygen atoms in total. The van der Waals surface area contributed by atoms with Crippen molar-refractivity contribution in [3.63, 3.8) is 0 Å². The third-order valence-corrected chi connectivity index (χ3v) is 4.49. The molecule has 1 heterocycles. The molecule has 1 aromatic heterocycles. The van der Waals surface area contributed by atoms with E-state index in [0.29, 0.717) is 17.1 Å². The van der Waals surface area contributed by atoms with Crippen LogP contribution in [-0.4, -0.2) is 24.5 Å². The lowest BCUT2D eigenvalue weighted by Gasteiger charge is -2.17. The lowest BCUT2D eigenvalue weighted by Crippen LogP contribution is -2.35. The fraction of sp³-hybridized carbons (Fsp3) is 0.235. The Balaban J connectivity index is 1.83. The Hall–Kier alpha value is -2.58. The van der Waals surface area contributed by atoms with Gasteiger partial charge in [0.1, 0.15) is 0 Å². The number of carbonyl (C=O) groups excluding carboxylic acids is 3. The second kappa shape index (κ2) is 9.79. The van der Waals surface area contributed by atoms with Gasteiger partial charge in [-0.05, 0) is 29.1 Å². The Morgan fingerprint density at radius 1 is 1.19 bits per heavy atom. The number of nitrogens with one attached hydrogen (secondary N) is 2. The Morgan fingerprint density at radius 3 is 2.54 bits per heavy atom. The van der Waals surface area contributed by atoms with E-state index in [0.717, 1.165) is 4.88 Å². The fourth-order valence-electron chi connectivity index (χ4n) is 2.14. The average Bonchev–Trinajstić information content (AvgIpc) is 3.11. The van der Waals surface area contributed by atoms with Gasteiger partial charge >= 0.3 is 12.0 Å². The van der Waals surface area contributed by atoms with Gasteiger partial charge < -0.3 is 21.1 Å². The summed E-state index contributed by atoms with van der Waals surface area (Å²) >= 11 is 7.35. The number of hydrogen-bond donors (Lipinski definition) is 3. The number of nitrogens with two attached hydrogens (primary N) is 1. The van der Waals surface area contributed by atoms with Gasteiger partial charge in [-0.15, -0.1) is 11.3 Å². The molecule has 3 amide bonds. The number of halogens is 1. The quantitative estimate of drug-likeness (QED) is 0.596. The van der Waals surface area contributed by atoms with Crippen molar-refractivity contribution in [1.82, 2.24) is 10.6 Å². The highest BCUT2D eigenvalue weighted by atomic mass is 35.5. The molecule has 0 bridgehead atoms. The van der Waals surface area contributed by atoms with Crippen LogP contribution in [-0.2, 0) is 20.9 Å². The van der Waals surface area contributed by atoms with E-state index < -0.39 is 30.6 Å². The smallest absolute Gasteiger partial charge is 0.312 e. The van der Waals surface area contributed by atoms with E-state index in [9.17, 15) is 14.4 Å². The summed E-state index contributed by atoms with van der Waals surface area (Å²) in [5, 5.41) is 7.56. The summed E-state index contributed by atoms with van der Waals surface area (Å²) in [7, 11) is 0. The molecule has 0 aliphatic rings. The zero-order valence-corrected chi connectivity index (χ0v) is 15.3. The highest BCUT2D eigenvalue weighted by Gasteiger charge is 2.19. The molecule has 26 heavy (non-hydrogen) atoms. The highest BCUT2D eigenvalue weighted by molar-refractivity contribution is 7.09. The number of rotatable bonds is 8. The molecule has 138 valence electrons. The van der Waals surface area contributed by atoms with E-state index in [-0.39, 0.29) is 6.42 Å². The van der Waals surface area contributed by atoms with Crippen LogP contribution < -0.4 is 16.4 Å². The summed E-state index contributed by atoms with van der Waals surface area (Å²) in [5.41, 5.74) is 5.80. The van der Waals surface area contributed by atoms with Crippen molar-refractivity contribution < 1.29 is 19.1 Å². The van der Waals surface area contributed by atoms with Crippen LogP contribution in [0, 0.1) is 0 Å². The minimum Gasteiger partial charge on any atom is -0.456 e. The van der Waals surface area contributed by atoms with Gasteiger partial charge in [0.05, 0.1) is 19.0 Å². The molecule has 0 saturated carbocycles. The van der Waals surface area contributed by atoms with Crippen molar-refractivity contribution in [2.24, 2.45) is 5.73 Å². The van der Waals surface area contributed by atoms with Gasteiger partial charge in [0.15, 0.2) is 6.61 Å². The van der Waals surface area contributed by atoms with E-state index in [4.69, 9.17) is 22.1 Å². The molecule has 0 radical (unpaired) electrons. The van der Waals surface area contributed by atoms with E-state index >= 15 is 0 Å². The Bertz CT molecular complexity index is 750. The van der Waals surface area contributed by atoms with Gasteiger partial charge in [-0.2, -0.15) is 0 Å². The molecule has 0 aliphatic heterocycles.